The summed E-state index contributed by atoms with van der Waals surface area (Å²) in [5, 5.41) is 0. The molecule has 1 aromatic rings. The van der Waals surface area contributed by atoms with Gasteiger partial charge < -0.3 is 9.53 Å². The Kier molecular flexibility index (Phi) is 6.00. The van der Waals surface area contributed by atoms with E-state index in [1.807, 2.05) is 37.3 Å². The Labute approximate surface area is 102 Å². The minimum Gasteiger partial charge on any atom is -0.461 e. The first-order valence-electron chi connectivity index (χ1n) is 5.91. The van der Waals surface area contributed by atoms with E-state index in [0.717, 1.165) is 24.7 Å². The highest BCUT2D eigenvalue weighted by Gasteiger charge is 2.13. The quantitative estimate of drug-likeness (QED) is 0.538. The SMILES string of the molecule is CCCC(C=O)CC(=O)OCc1ccccc1. The van der Waals surface area contributed by atoms with Crippen molar-refractivity contribution in [3.63, 3.8) is 0 Å². The molecule has 17 heavy (non-hydrogen) atoms. The van der Waals surface area contributed by atoms with Gasteiger partial charge in [0.2, 0.25) is 0 Å². The number of carbonyl (C=O) groups excluding carboxylic acids is 2. The second kappa shape index (κ2) is 7.60. The summed E-state index contributed by atoms with van der Waals surface area (Å²) in [6.45, 7) is 2.27. The van der Waals surface area contributed by atoms with Crippen LogP contribution in [0.1, 0.15) is 31.7 Å². The van der Waals surface area contributed by atoms with Gasteiger partial charge in [-0.15, -0.1) is 0 Å². The number of hydrogen-bond donors (Lipinski definition) is 0. The van der Waals surface area contributed by atoms with E-state index in [-0.39, 0.29) is 24.9 Å². The van der Waals surface area contributed by atoms with Crippen LogP contribution < -0.4 is 0 Å². The lowest BCUT2D eigenvalue weighted by molar-refractivity contribution is -0.147. The Morgan fingerprint density at radius 1 is 1.35 bits per heavy atom. The second-order valence-corrected chi connectivity index (χ2v) is 4.04. The molecule has 0 amide bonds. The van der Waals surface area contributed by atoms with E-state index in [2.05, 4.69) is 0 Å². The smallest absolute Gasteiger partial charge is 0.306 e. The van der Waals surface area contributed by atoms with Crippen LogP contribution in [0.15, 0.2) is 30.3 Å². The van der Waals surface area contributed by atoms with Crippen molar-refractivity contribution in [3.8, 4) is 0 Å². The summed E-state index contributed by atoms with van der Waals surface area (Å²) in [6.07, 6.45) is 2.66. The van der Waals surface area contributed by atoms with E-state index in [1.165, 1.54) is 0 Å². The zero-order valence-electron chi connectivity index (χ0n) is 10.1. The number of ether oxygens (including phenoxy) is 1. The van der Waals surface area contributed by atoms with Crippen LogP contribution in [0.2, 0.25) is 0 Å². The lowest BCUT2D eigenvalue weighted by atomic mass is 10.0. The number of benzene rings is 1. The maximum Gasteiger partial charge on any atom is 0.306 e. The van der Waals surface area contributed by atoms with Crippen molar-refractivity contribution in [1.29, 1.82) is 0 Å². The molecular weight excluding hydrogens is 216 g/mol. The molecule has 0 saturated carbocycles. The Morgan fingerprint density at radius 3 is 2.65 bits per heavy atom. The Balaban J connectivity index is 2.32. The number of aldehydes is 1. The molecule has 0 saturated heterocycles. The lowest BCUT2D eigenvalue weighted by Gasteiger charge is -2.08. The fourth-order valence-corrected chi connectivity index (χ4v) is 1.60. The van der Waals surface area contributed by atoms with Gasteiger partial charge in [0, 0.05) is 5.92 Å². The van der Waals surface area contributed by atoms with E-state index in [1.54, 1.807) is 0 Å². The highest BCUT2D eigenvalue weighted by molar-refractivity contribution is 5.73. The number of esters is 1. The van der Waals surface area contributed by atoms with Gasteiger partial charge in [0.05, 0.1) is 6.42 Å². The van der Waals surface area contributed by atoms with Crippen LogP contribution in [0.4, 0.5) is 0 Å². The molecule has 0 spiro atoms. The molecule has 0 N–H and O–H groups in total. The molecule has 1 aromatic carbocycles. The van der Waals surface area contributed by atoms with Gasteiger partial charge in [-0.2, -0.15) is 0 Å². The Bertz CT molecular complexity index is 346. The molecule has 0 aliphatic heterocycles. The van der Waals surface area contributed by atoms with Crippen molar-refractivity contribution in [2.75, 3.05) is 0 Å². The predicted molar refractivity (Wildman–Crippen MR) is 65.3 cm³/mol. The van der Waals surface area contributed by atoms with Gasteiger partial charge >= 0.3 is 5.97 Å². The van der Waals surface area contributed by atoms with E-state index in [0.29, 0.717) is 0 Å². The van der Waals surface area contributed by atoms with Gasteiger partial charge in [-0.25, -0.2) is 0 Å². The first-order valence-corrected chi connectivity index (χ1v) is 5.91. The van der Waals surface area contributed by atoms with Gasteiger partial charge in [-0.05, 0) is 12.0 Å². The molecular formula is C14H18O3. The topological polar surface area (TPSA) is 43.4 Å². The van der Waals surface area contributed by atoms with Crippen molar-refractivity contribution < 1.29 is 14.3 Å². The van der Waals surface area contributed by atoms with Crippen LogP contribution in [-0.4, -0.2) is 12.3 Å². The minimum absolute atomic E-state index is 0.185. The van der Waals surface area contributed by atoms with Crippen LogP contribution in [0.25, 0.3) is 0 Å². The number of hydrogen-bond acceptors (Lipinski definition) is 3. The van der Waals surface area contributed by atoms with Crippen LogP contribution >= 0.6 is 0 Å². The normalized spacial score (nSPS) is 11.8. The van der Waals surface area contributed by atoms with Gasteiger partial charge in [-0.1, -0.05) is 43.7 Å². The molecule has 0 radical (unpaired) electrons. The molecule has 0 aromatic heterocycles. The van der Waals surface area contributed by atoms with E-state index in [4.69, 9.17) is 4.74 Å². The van der Waals surface area contributed by atoms with E-state index in [9.17, 15) is 9.59 Å². The van der Waals surface area contributed by atoms with Crippen LogP contribution in [0.5, 0.6) is 0 Å². The standard InChI is InChI=1S/C14H18O3/c1-2-6-13(10-15)9-14(16)17-11-12-7-4-3-5-8-12/h3-5,7-8,10,13H,2,6,9,11H2,1H3. The zero-order chi connectivity index (χ0) is 12.5. The highest BCUT2D eigenvalue weighted by Crippen LogP contribution is 2.10. The molecule has 3 heteroatoms. The molecule has 0 fully saturated rings. The maximum absolute atomic E-state index is 11.5. The van der Waals surface area contributed by atoms with Gasteiger partial charge in [-0.3, -0.25) is 4.79 Å². The molecule has 0 aliphatic rings. The summed E-state index contributed by atoms with van der Waals surface area (Å²) in [5.41, 5.74) is 0.957. The third-order valence-electron chi connectivity index (χ3n) is 2.52. The lowest BCUT2D eigenvalue weighted by Crippen LogP contribution is -2.12. The first-order chi connectivity index (χ1) is 8.26. The average molecular weight is 234 g/mol. The molecule has 1 rings (SSSR count). The summed E-state index contributed by atoms with van der Waals surface area (Å²) >= 11 is 0. The average Bonchev–Trinajstić information content (AvgIpc) is 2.37. The Morgan fingerprint density at radius 2 is 2.06 bits per heavy atom. The van der Waals surface area contributed by atoms with Crippen LogP contribution in [0, 0.1) is 5.92 Å². The predicted octanol–water partition coefficient (Wildman–Crippen LogP) is 2.74. The van der Waals surface area contributed by atoms with Gasteiger partial charge in [0.25, 0.3) is 0 Å². The molecule has 0 heterocycles. The van der Waals surface area contributed by atoms with Crippen LogP contribution in [0.3, 0.4) is 0 Å². The van der Waals surface area contributed by atoms with Gasteiger partial charge in [0.15, 0.2) is 0 Å². The molecule has 1 unspecified atom stereocenters. The van der Waals surface area contributed by atoms with Crippen molar-refractivity contribution in [2.24, 2.45) is 5.92 Å². The number of carbonyl (C=O) groups is 2. The summed E-state index contributed by atoms with van der Waals surface area (Å²) in [7, 11) is 0. The number of rotatable bonds is 7. The fourth-order valence-electron chi connectivity index (χ4n) is 1.60. The molecule has 3 nitrogen and oxygen atoms in total. The highest BCUT2D eigenvalue weighted by atomic mass is 16.5. The van der Waals surface area contributed by atoms with Crippen molar-refractivity contribution in [3.05, 3.63) is 35.9 Å². The summed E-state index contributed by atoms with van der Waals surface area (Å²) < 4.78 is 5.11. The largest absolute Gasteiger partial charge is 0.461 e. The van der Waals surface area contributed by atoms with Crippen LogP contribution in [-0.2, 0) is 20.9 Å². The monoisotopic (exact) mass is 234 g/mol. The van der Waals surface area contributed by atoms with E-state index >= 15 is 0 Å². The van der Waals surface area contributed by atoms with Crippen molar-refractivity contribution >= 4 is 12.3 Å². The third-order valence-corrected chi connectivity index (χ3v) is 2.52. The molecule has 1 atom stereocenters. The fraction of sp³-hybridized carbons (Fsp3) is 0.429. The summed E-state index contributed by atoms with van der Waals surface area (Å²) in [5.74, 6) is -0.511. The summed E-state index contributed by atoms with van der Waals surface area (Å²) in [4.78, 5) is 22.2. The minimum atomic E-state index is -0.306. The zero-order valence-corrected chi connectivity index (χ0v) is 10.1. The molecule has 92 valence electrons. The Hall–Kier alpha value is -1.64. The molecule has 0 aliphatic carbocycles. The first kappa shape index (κ1) is 13.4. The third kappa shape index (κ3) is 5.29. The van der Waals surface area contributed by atoms with Crippen molar-refractivity contribution in [2.45, 2.75) is 32.8 Å². The van der Waals surface area contributed by atoms with E-state index < -0.39 is 0 Å². The summed E-state index contributed by atoms with van der Waals surface area (Å²) in [6, 6.07) is 9.50. The van der Waals surface area contributed by atoms with Gasteiger partial charge in [0.1, 0.15) is 12.9 Å². The van der Waals surface area contributed by atoms with Crippen molar-refractivity contribution in [1.82, 2.24) is 0 Å². The second-order valence-electron chi connectivity index (χ2n) is 4.04. The molecule has 0 bridgehead atoms. The maximum atomic E-state index is 11.5.